The van der Waals surface area contributed by atoms with Crippen molar-refractivity contribution in [3.8, 4) is 11.5 Å². The summed E-state index contributed by atoms with van der Waals surface area (Å²) in [5, 5.41) is 3.45. The van der Waals surface area contributed by atoms with Crippen molar-refractivity contribution in [3.05, 3.63) is 113 Å². The Bertz CT molecular complexity index is 1540. The molecule has 0 aliphatic carbocycles. The molecule has 0 atom stereocenters. The minimum atomic E-state index is -3.71. The second-order valence-corrected chi connectivity index (χ2v) is 11.6. The van der Waals surface area contributed by atoms with Crippen molar-refractivity contribution >= 4 is 39.0 Å². The van der Waals surface area contributed by atoms with Crippen LogP contribution in [0, 0.1) is 20.8 Å². The number of nitrogens with zero attached hydrogens (tertiary/aromatic N) is 1. The third kappa shape index (κ3) is 7.63. The number of benzene rings is 4. The van der Waals surface area contributed by atoms with Crippen LogP contribution in [-0.4, -0.2) is 27.5 Å². The average molecular weight is 578 g/mol. The predicted molar refractivity (Wildman–Crippen MR) is 161 cm³/mol. The average Bonchev–Trinajstić information content (AvgIpc) is 2.90. The lowest BCUT2D eigenvalue weighted by molar-refractivity contribution is 0.257. The number of nitrogens with one attached hydrogen (secondary N) is 2. The van der Waals surface area contributed by atoms with Crippen molar-refractivity contribution in [1.29, 1.82) is 0 Å². The van der Waals surface area contributed by atoms with E-state index in [1.165, 1.54) is 0 Å². The summed E-state index contributed by atoms with van der Waals surface area (Å²) in [6.07, 6.45) is 0.388. The van der Waals surface area contributed by atoms with E-state index in [2.05, 4.69) is 10.0 Å². The van der Waals surface area contributed by atoms with Crippen LogP contribution >= 0.6 is 11.6 Å². The van der Waals surface area contributed by atoms with Gasteiger partial charge >= 0.3 is 6.03 Å². The normalized spacial score (nSPS) is 11.2. The van der Waals surface area contributed by atoms with E-state index in [0.717, 1.165) is 5.56 Å². The molecule has 0 fully saturated rings. The van der Waals surface area contributed by atoms with Crippen LogP contribution in [0.1, 0.15) is 23.1 Å². The molecule has 0 aliphatic heterocycles. The summed E-state index contributed by atoms with van der Waals surface area (Å²) in [7, 11) is -3.71. The summed E-state index contributed by atoms with van der Waals surface area (Å²) in [4.78, 5) is 15.2. The van der Waals surface area contributed by atoms with E-state index in [1.54, 1.807) is 67.3 Å². The predicted octanol–water partition coefficient (Wildman–Crippen LogP) is 7.46. The quantitative estimate of drug-likeness (QED) is 0.191. The van der Waals surface area contributed by atoms with Gasteiger partial charge in [-0.25, -0.2) is 17.9 Å². The van der Waals surface area contributed by atoms with Gasteiger partial charge in [0.05, 0.1) is 4.90 Å². The monoisotopic (exact) mass is 577 g/mol. The van der Waals surface area contributed by atoms with Gasteiger partial charge in [-0.15, -0.1) is 0 Å². The first-order chi connectivity index (χ1) is 19.1. The van der Waals surface area contributed by atoms with Gasteiger partial charge in [-0.1, -0.05) is 47.5 Å². The number of ether oxygens (including phenoxy) is 1. The van der Waals surface area contributed by atoms with E-state index in [-0.39, 0.29) is 19.1 Å². The van der Waals surface area contributed by atoms with Gasteiger partial charge in [0.2, 0.25) is 10.0 Å². The molecule has 0 unspecified atom stereocenters. The van der Waals surface area contributed by atoms with Crippen molar-refractivity contribution in [2.45, 2.75) is 32.1 Å². The zero-order valence-electron chi connectivity index (χ0n) is 22.6. The van der Waals surface area contributed by atoms with Crippen LogP contribution in [0.2, 0.25) is 5.02 Å². The standard InChI is InChI=1S/C31H32ClN3O4S/c1-22-20-23(2)30(24(3)21-22)40(37,38)33-18-7-19-35(31(36)34-26-12-10-25(32)11-13-26)27-14-16-29(17-15-27)39-28-8-5-4-6-9-28/h4-6,8-17,20-21,33H,7,18-19H2,1-3H3,(H,34,36). The van der Waals surface area contributed by atoms with Crippen molar-refractivity contribution in [2.75, 3.05) is 23.3 Å². The Morgan fingerprint density at radius 3 is 2.08 bits per heavy atom. The highest BCUT2D eigenvalue weighted by atomic mass is 35.5. The van der Waals surface area contributed by atoms with Crippen LogP contribution < -0.4 is 19.7 Å². The molecule has 0 bridgehead atoms. The van der Waals surface area contributed by atoms with Gasteiger partial charge in [-0.2, -0.15) is 0 Å². The second-order valence-electron chi connectivity index (χ2n) is 9.48. The number of carbonyl (C=O) groups excluding carboxylic acids is 1. The van der Waals surface area contributed by atoms with Crippen LogP contribution in [0.15, 0.2) is 95.9 Å². The molecule has 4 aromatic rings. The Morgan fingerprint density at radius 2 is 1.45 bits per heavy atom. The van der Waals surface area contributed by atoms with Gasteiger partial charge in [0.1, 0.15) is 11.5 Å². The van der Waals surface area contributed by atoms with Crippen LogP contribution in [0.4, 0.5) is 16.2 Å². The number of urea groups is 1. The topological polar surface area (TPSA) is 87.7 Å². The molecule has 9 heteroatoms. The molecule has 0 radical (unpaired) electrons. The molecular weight excluding hydrogens is 546 g/mol. The Morgan fingerprint density at radius 1 is 0.850 bits per heavy atom. The summed E-state index contributed by atoms with van der Waals surface area (Å²) >= 11 is 5.98. The van der Waals surface area contributed by atoms with E-state index in [9.17, 15) is 13.2 Å². The summed E-state index contributed by atoms with van der Waals surface area (Å²) < 4.78 is 34.7. The molecule has 0 heterocycles. The summed E-state index contributed by atoms with van der Waals surface area (Å²) in [6, 6.07) is 26.8. The van der Waals surface area contributed by atoms with E-state index in [0.29, 0.717) is 50.3 Å². The number of rotatable bonds is 10. The van der Waals surface area contributed by atoms with Gasteiger partial charge in [-0.05, 0) is 99.0 Å². The molecule has 0 aromatic heterocycles. The Hall–Kier alpha value is -3.85. The number of aryl methyl sites for hydroxylation is 3. The fraction of sp³-hybridized carbons (Fsp3) is 0.194. The van der Waals surface area contributed by atoms with Crippen LogP contribution in [0.25, 0.3) is 0 Å². The molecular formula is C31H32ClN3O4S. The highest BCUT2D eigenvalue weighted by Gasteiger charge is 2.21. The first-order valence-electron chi connectivity index (χ1n) is 12.9. The second kappa shape index (κ2) is 13.0. The third-order valence-corrected chi connectivity index (χ3v) is 8.21. The van der Waals surface area contributed by atoms with E-state index >= 15 is 0 Å². The lowest BCUT2D eigenvalue weighted by Gasteiger charge is -2.24. The van der Waals surface area contributed by atoms with Gasteiger partial charge in [0.15, 0.2) is 0 Å². The number of sulfonamides is 1. The van der Waals surface area contributed by atoms with Crippen LogP contribution in [-0.2, 0) is 10.0 Å². The van der Waals surface area contributed by atoms with E-state index in [1.807, 2.05) is 49.4 Å². The zero-order chi connectivity index (χ0) is 28.7. The lowest BCUT2D eigenvalue weighted by atomic mass is 10.1. The smallest absolute Gasteiger partial charge is 0.326 e. The van der Waals surface area contributed by atoms with Crippen molar-refractivity contribution in [1.82, 2.24) is 4.72 Å². The first kappa shape index (κ1) is 29.1. The number of anilines is 2. The number of para-hydroxylation sites is 1. The summed E-state index contributed by atoms with van der Waals surface area (Å²) in [6.45, 7) is 5.96. The highest BCUT2D eigenvalue weighted by molar-refractivity contribution is 7.89. The van der Waals surface area contributed by atoms with E-state index in [4.69, 9.17) is 16.3 Å². The van der Waals surface area contributed by atoms with Gasteiger partial charge in [0.25, 0.3) is 0 Å². The van der Waals surface area contributed by atoms with Crippen LogP contribution in [0.3, 0.4) is 0 Å². The Balaban J connectivity index is 1.47. The molecule has 0 spiro atoms. The molecule has 0 saturated heterocycles. The lowest BCUT2D eigenvalue weighted by Crippen LogP contribution is -2.37. The summed E-state index contributed by atoms with van der Waals surface area (Å²) in [5.41, 5.74) is 3.64. The molecule has 4 aromatic carbocycles. The Kier molecular flexibility index (Phi) is 9.47. The number of amides is 2. The molecule has 40 heavy (non-hydrogen) atoms. The first-order valence-corrected chi connectivity index (χ1v) is 14.7. The van der Waals surface area contributed by atoms with Crippen molar-refractivity contribution in [3.63, 3.8) is 0 Å². The van der Waals surface area contributed by atoms with Crippen molar-refractivity contribution in [2.24, 2.45) is 0 Å². The van der Waals surface area contributed by atoms with Gasteiger partial charge < -0.3 is 10.1 Å². The minimum Gasteiger partial charge on any atom is -0.457 e. The minimum absolute atomic E-state index is 0.162. The van der Waals surface area contributed by atoms with Gasteiger partial charge in [-0.3, -0.25) is 4.90 Å². The molecule has 208 valence electrons. The fourth-order valence-corrected chi connectivity index (χ4v) is 6.15. The fourth-order valence-electron chi connectivity index (χ4n) is 4.50. The number of carbonyl (C=O) groups is 1. The number of halogens is 1. The summed E-state index contributed by atoms with van der Waals surface area (Å²) in [5.74, 6) is 1.34. The van der Waals surface area contributed by atoms with E-state index < -0.39 is 10.0 Å². The molecule has 2 N–H and O–H groups in total. The molecule has 7 nitrogen and oxygen atoms in total. The zero-order valence-corrected chi connectivity index (χ0v) is 24.2. The maximum absolute atomic E-state index is 13.3. The third-order valence-electron chi connectivity index (χ3n) is 6.19. The molecule has 0 aliphatic rings. The SMILES string of the molecule is Cc1cc(C)c(S(=O)(=O)NCCCN(C(=O)Nc2ccc(Cl)cc2)c2ccc(Oc3ccccc3)cc2)c(C)c1. The molecule has 2 amide bonds. The van der Waals surface area contributed by atoms with Crippen LogP contribution in [0.5, 0.6) is 11.5 Å². The molecule has 0 saturated carbocycles. The largest absolute Gasteiger partial charge is 0.457 e. The number of hydrogen-bond donors (Lipinski definition) is 2. The number of hydrogen-bond acceptors (Lipinski definition) is 4. The van der Waals surface area contributed by atoms with Crippen molar-refractivity contribution < 1.29 is 17.9 Å². The van der Waals surface area contributed by atoms with Gasteiger partial charge in [0, 0.05) is 29.5 Å². The highest BCUT2D eigenvalue weighted by Crippen LogP contribution is 2.26. The maximum Gasteiger partial charge on any atom is 0.326 e. The Labute approximate surface area is 240 Å². The maximum atomic E-state index is 13.3. The molecule has 4 rings (SSSR count).